The van der Waals surface area contributed by atoms with Crippen LogP contribution in [-0.4, -0.2) is 32.6 Å². The number of aromatic nitrogens is 3. The number of hydrogen-bond acceptors (Lipinski definition) is 6. The lowest BCUT2D eigenvalue weighted by molar-refractivity contribution is -0.152. The molecule has 0 amide bonds. The molecule has 1 saturated carbocycles. The van der Waals surface area contributed by atoms with E-state index in [9.17, 15) is 4.79 Å². The SMILES string of the molecule is CC(C)[C@@H]1CC[C@@H](C)C[C@H]1OC(=O)CSc1nnc(-c2ccco2)n1C. The molecule has 0 saturated heterocycles. The summed E-state index contributed by atoms with van der Waals surface area (Å²) in [7, 11) is 1.86. The van der Waals surface area contributed by atoms with Crippen molar-refractivity contribution < 1.29 is 13.9 Å². The fraction of sp³-hybridized carbons (Fsp3) is 0.632. The number of carbonyl (C=O) groups excluding carboxylic acids is 1. The van der Waals surface area contributed by atoms with Gasteiger partial charge in [-0.05, 0) is 42.7 Å². The van der Waals surface area contributed by atoms with Crippen molar-refractivity contribution >= 4 is 17.7 Å². The Kier molecular flexibility index (Phi) is 6.06. The minimum Gasteiger partial charge on any atom is -0.461 e. The summed E-state index contributed by atoms with van der Waals surface area (Å²) in [4.78, 5) is 12.4. The van der Waals surface area contributed by atoms with E-state index in [1.54, 1.807) is 6.26 Å². The highest BCUT2D eigenvalue weighted by Crippen LogP contribution is 2.35. The number of hydrogen-bond donors (Lipinski definition) is 0. The van der Waals surface area contributed by atoms with Crippen molar-refractivity contribution in [3.05, 3.63) is 18.4 Å². The third-order valence-corrected chi connectivity index (χ3v) is 6.13. The molecule has 0 unspecified atom stereocenters. The highest BCUT2D eigenvalue weighted by molar-refractivity contribution is 7.99. The summed E-state index contributed by atoms with van der Waals surface area (Å²) < 4.78 is 13.0. The number of carbonyl (C=O) groups is 1. The van der Waals surface area contributed by atoms with Gasteiger partial charge in [-0.25, -0.2) is 0 Å². The van der Waals surface area contributed by atoms with Crippen LogP contribution in [0.4, 0.5) is 0 Å². The van der Waals surface area contributed by atoms with E-state index in [1.807, 2.05) is 23.7 Å². The summed E-state index contributed by atoms with van der Waals surface area (Å²) >= 11 is 1.35. The van der Waals surface area contributed by atoms with E-state index >= 15 is 0 Å². The van der Waals surface area contributed by atoms with Crippen LogP contribution in [0, 0.1) is 17.8 Å². The van der Waals surface area contributed by atoms with Gasteiger partial charge in [-0.3, -0.25) is 4.79 Å². The number of ether oxygens (including phenoxy) is 1. The maximum atomic E-state index is 12.4. The van der Waals surface area contributed by atoms with Crippen LogP contribution in [-0.2, 0) is 16.6 Å². The number of rotatable bonds is 6. The first-order valence-corrected chi connectivity index (χ1v) is 10.2. The van der Waals surface area contributed by atoms with Gasteiger partial charge in [-0.15, -0.1) is 10.2 Å². The van der Waals surface area contributed by atoms with Crippen molar-refractivity contribution in [1.29, 1.82) is 0 Å². The maximum Gasteiger partial charge on any atom is 0.316 e. The molecule has 0 N–H and O–H groups in total. The van der Waals surface area contributed by atoms with Crippen LogP contribution in [0.2, 0.25) is 0 Å². The van der Waals surface area contributed by atoms with Gasteiger partial charge in [-0.1, -0.05) is 39.0 Å². The van der Waals surface area contributed by atoms with Crippen LogP contribution in [0.3, 0.4) is 0 Å². The summed E-state index contributed by atoms with van der Waals surface area (Å²) in [5.41, 5.74) is 0. The molecule has 0 aliphatic heterocycles. The molecule has 26 heavy (non-hydrogen) atoms. The normalized spacial score (nSPS) is 23.3. The lowest BCUT2D eigenvalue weighted by atomic mass is 9.75. The van der Waals surface area contributed by atoms with E-state index in [0.717, 1.165) is 12.8 Å². The molecular formula is C19H27N3O3S. The van der Waals surface area contributed by atoms with Crippen molar-refractivity contribution in [1.82, 2.24) is 14.8 Å². The first kappa shape index (κ1) is 19.0. The van der Waals surface area contributed by atoms with Gasteiger partial charge in [0, 0.05) is 7.05 Å². The zero-order chi connectivity index (χ0) is 18.7. The van der Waals surface area contributed by atoms with Crippen molar-refractivity contribution in [2.75, 3.05) is 5.75 Å². The molecule has 142 valence electrons. The smallest absolute Gasteiger partial charge is 0.316 e. The Bertz CT molecular complexity index is 726. The van der Waals surface area contributed by atoms with Gasteiger partial charge in [0.25, 0.3) is 0 Å². The Balaban J connectivity index is 1.57. The molecule has 3 rings (SSSR count). The van der Waals surface area contributed by atoms with Gasteiger partial charge in [0.15, 0.2) is 16.7 Å². The van der Waals surface area contributed by atoms with Crippen molar-refractivity contribution in [3.8, 4) is 11.6 Å². The molecule has 1 fully saturated rings. The Morgan fingerprint density at radius 3 is 2.92 bits per heavy atom. The summed E-state index contributed by atoms with van der Waals surface area (Å²) in [5.74, 6) is 2.97. The van der Waals surface area contributed by atoms with Crippen molar-refractivity contribution in [3.63, 3.8) is 0 Å². The molecule has 2 aromatic rings. The van der Waals surface area contributed by atoms with E-state index in [2.05, 4.69) is 31.0 Å². The largest absolute Gasteiger partial charge is 0.461 e. The van der Waals surface area contributed by atoms with Gasteiger partial charge < -0.3 is 13.7 Å². The van der Waals surface area contributed by atoms with Crippen LogP contribution >= 0.6 is 11.8 Å². The van der Waals surface area contributed by atoms with Crippen LogP contribution < -0.4 is 0 Å². The van der Waals surface area contributed by atoms with Gasteiger partial charge in [0.2, 0.25) is 0 Å². The Morgan fingerprint density at radius 1 is 1.42 bits per heavy atom. The van der Waals surface area contributed by atoms with Gasteiger partial charge in [-0.2, -0.15) is 0 Å². The molecular weight excluding hydrogens is 350 g/mol. The Morgan fingerprint density at radius 2 is 2.23 bits per heavy atom. The zero-order valence-electron chi connectivity index (χ0n) is 15.8. The Hall–Kier alpha value is -1.76. The quantitative estimate of drug-likeness (QED) is 0.556. The lowest BCUT2D eigenvalue weighted by Gasteiger charge is -2.36. The minimum absolute atomic E-state index is 0.0324. The summed E-state index contributed by atoms with van der Waals surface area (Å²) in [6.07, 6.45) is 4.96. The third kappa shape index (κ3) is 4.31. The van der Waals surface area contributed by atoms with E-state index in [4.69, 9.17) is 9.15 Å². The fourth-order valence-electron chi connectivity index (χ4n) is 3.64. The molecule has 1 aliphatic rings. The molecule has 1 aliphatic carbocycles. The van der Waals surface area contributed by atoms with E-state index < -0.39 is 0 Å². The standard InChI is InChI=1S/C19H27N3O3S/c1-12(2)14-8-7-13(3)10-16(14)25-17(23)11-26-19-21-20-18(22(19)4)15-6-5-9-24-15/h5-6,9,12-14,16H,7-8,10-11H2,1-4H3/t13-,14+,16-/m1/s1. The predicted molar refractivity (Wildman–Crippen MR) is 101 cm³/mol. The van der Waals surface area contributed by atoms with Crippen molar-refractivity contribution in [2.24, 2.45) is 24.8 Å². The molecule has 0 bridgehead atoms. The molecule has 0 radical (unpaired) electrons. The third-order valence-electron chi connectivity index (χ3n) is 5.14. The first-order valence-electron chi connectivity index (χ1n) is 9.21. The minimum atomic E-state index is -0.178. The van der Waals surface area contributed by atoms with E-state index in [0.29, 0.717) is 34.5 Å². The number of furan rings is 1. The zero-order valence-corrected chi connectivity index (χ0v) is 16.7. The molecule has 0 aromatic carbocycles. The van der Waals surface area contributed by atoms with Gasteiger partial charge >= 0.3 is 5.97 Å². The first-order chi connectivity index (χ1) is 12.5. The molecule has 2 heterocycles. The average Bonchev–Trinajstić information content (AvgIpc) is 3.22. The van der Waals surface area contributed by atoms with E-state index in [-0.39, 0.29) is 17.8 Å². The van der Waals surface area contributed by atoms with Crippen molar-refractivity contribution in [2.45, 2.75) is 51.3 Å². The maximum absolute atomic E-state index is 12.4. The molecule has 0 spiro atoms. The average molecular weight is 378 g/mol. The molecule has 2 aromatic heterocycles. The molecule has 6 nitrogen and oxygen atoms in total. The van der Waals surface area contributed by atoms with Crippen LogP contribution in [0.15, 0.2) is 28.0 Å². The number of nitrogens with zero attached hydrogens (tertiary/aromatic N) is 3. The van der Waals surface area contributed by atoms with Crippen LogP contribution in [0.1, 0.15) is 40.0 Å². The van der Waals surface area contributed by atoms with E-state index in [1.165, 1.54) is 18.2 Å². The highest BCUT2D eigenvalue weighted by Gasteiger charge is 2.33. The summed E-state index contributed by atoms with van der Waals surface area (Å²) in [6.45, 7) is 6.67. The topological polar surface area (TPSA) is 70.2 Å². The summed E-state index contributed by atoms with van der Waals surface area (Å²) in [5, 5.41) is 8.97. The van der Waals surface area contributed by atoms with Gasteiger partial charge in [0.1, 0.15) is 6.10 Å². The summed E-state index contributed by atoms with van der Waals surface area (Å²) in [6, 6.07) is 3.65. The lowest BCUT2D eigenvalue weighted by Crippen LogP contribution is -2.36. The molecule has 7 heteroatoms. The predicted octanol–water partition coefficient (Wildman–Crippen LogP) is 4.17. The fourth-order valence-corrected chi connectivity index (χ4v) is 4.33. The Labute approximate surface area is 158 Å². The number of thioether (sulfide) groups is 1. The highest BCUT2D eigenvalue weighted by atomic mass is 32.2. The number of esters is 1. The van der Waals surface area contributed by atoms with Crippen LogP contribution in [0.5, 0.6) is 0 Å². The second-order valence-corrected chi connectivity index (χ2v) is 8.43. The monoisotopic (exact) mass is 377 g/mol. The second kappa shape index (κ2) is 8.29. The van der Waals surface area contributed by atoms with Crippen LogP contribution in [0.25, 0.3) is 11.6 Å². The van der Waals surface area contributed by atoms with Gasteiger partial charge in [0.05, 0.1) is 12.0 Å². The second-order valence-electron chi connectivity index (χ2n) is 7.49. The molecule has 3 atom stereocenters.